The number of fused-ring (bicyclic) bond motifs is 2. The lowest BCUT2D eigenvalue weighted by molar-refractivity contribution is 0.345. The van der Waals surface area contributed by atoms with Gasteiger partial charge < -0.3 is 5.32 Å². The van der Waals surface area contributed by atoms with Crippen molar-refractivity contribution in [3.8, 4) is 0 Å². The first-order chi connectivity index (χ1) is 9.93. The monoisotopic (exact) mass is 384 g/mol. The molecule has 1 aromatic rings. The Morgan fingerprint density at radius 2 is 1.68 bits per heavy atom. The fraction of sp³-hybridized carbons (Fsp3) is 0.571. The molecule has 3 rings (SSSR count). The van der Waals surface area contributed by atoms with Crippen LogP contribution in [-0.4, -0.2) is 26.5 Å². The number of piperidine rings is 1. The van der Waals surface area contributed by atoms with E-state index < -0.39 is 10.0 Å². The Kier molecular flexibility index (Phi) is 6.02. The number of rotatable bonds is 4. The largest absolute Gasteiger partial charge is 0.311 e. The summed E-state index contributed by atoms with van der Waals surface area (Å²) < 4.78 is 27.5. The SMILES string of the molecule is Cl.O=S(=O)(Cc1c(Cl)cccc1Cl)NC1CC2CCC(C1)N2. The summed E-state index contributed by atoms with van der Waals surface area (Å²) in [4.78, 5) is 0. The van der Waals surface area contributed by atoms with Crippen LogP contribution >= 0.6 is 35.6 Å². The van der Waals surface area contributed by atoms with E-state index in [4.69, 9.17) is 23.2 Å². The van der Waals surface area contributed by atoms with Gasteiger partial charge in [0.05, 0.1) is 5.75 Å². The number of hydrogen-bond acceptors (Lipinski definition) is 3. The van der Waals surface area contributed by atoms with Crippen molar-refractivity contribution < 1.29 is 8.42 Å². The first-order valence-corrected chi connectivity index (χ1v) is 9.53. The maximum atomic E-state index is 12.4. The van der Waals surface area contributed by atoms with Gasteiger partial charge in [-0.1, -0.05) is 29.3 Å². The van der Waals surface area contributed by atoms with E-state index in [1.807, 2.05) is 0 Å². The summed E-state index contributed by atoms with van der Waals surface area (Å²) in [6.45, 7) is 0. The number of halogens is 3. The van der Waals surface area contributed by atoms with E-state index in [0.29, 0.717) is 27.7 Å². The quantitative estimate of drug-likeness (QED) is 0.837. The molecule has 2 fully saturated rings. The van der Waals surface area contributed by atoms with E-state index in [9.17, 15) is 8.42 Å². The van der Waals surface area contributed by atoms with Gasteiger partial charge in [0.1, 0.15) is 0 Å². The molecule has 2 aliphatic heterocycles. The van der Waals surface area contributed by atoms with Crippen LogP contribution in [0.3, 0.4) is 0 Å². The summed E-state index contributed by atoms with van der Waals surface area (Å²) in [7, 11) is -3.44. The summed E-state index contributed by atoms with van der Waals surface area (Å²) in [5.74, 6) is -0.176. The van der Waals surface area contributed by atoms with Gasteiger partial charge in [-0.3, -0.25) is 0 Å². The second kappa shape index (κ2) is 7.24. The van der Waals surface area contributed by atoms with Crippen LogP contribution in [0.5, 0.6) is 0 Å². The van der Waals surface area contributed by atoms with Crippen LogP contribution in [0.4, 0.5) is 0 Å². The number of hydrogen-bond donors (Lipinski definition) is 2. The molecule has 4 nitrogen and oxygen atoms in total. The van der Waals surface area contributed by atoms with E-state index in [0.717, 1.165) is 25.7 Å². The predicted molar refractivity (Wildman–Crippen MR) is 92.4 cm³/mol. The molecule has 2 atom stereocenters. The molecule has 1 aromatic carbocycles. The van der Waals surface area contributed by atoms with Crippen molar-refractivity contribution in [2.75, 3.05) is 0 Å². The van der Waals surface area contributed by atoms with Gasteiger partial charge in [-0.05, 0) is 37.8 Å². The van der Waals surface area contributed by atoms with Gasteiger partial charge in [-0.15, -0.1) is 12.4 Å². The summed E-state index contributed by atoms with van der Waals surface area (Å²) in [6, 6.07) is 5.92. The van der Waals surface area contributed by atoms with Crippen molar-refractivity contribution in [2.24, 2.45) is 0 Å². The van der Waals surface area contributed by atoms with Crippen molar-refractivity contribution in [3.63, 3.8) is 0 Å². The normalized spacial score (nSPS) is 27.5. The van der Waals surface area contributed by atoms with Crippen molar-refractivity contribution in [1.82, 2.24) is 10.0 Å². The molecule has 0 saturated carbocycles. The average Bonchev–Trinajstić information content (AvgIpc) is 2.73. The molecule has 0 spiro atoms. The molecule has 2 bridgehead atoms. The maximum Gasteiger partial charge on any atom is 0.216 e. The van der Waals surface area contributed by atoms with Crippen LogP contribution in [-0.2, 0) is 15.8 Å². The Bertz CT molecular complexity index is 607. The molecule has 2 aliphatic rings. The molecule has 8 heteroatoms. The van der Waals surface area contributed by atoms with Crippen LogP contribution in [0.2, 0.25) is 10.0 Å². The molecule has 0 radical (unpaired) electrons. The third kappa shape index (κ3) is 4.28. The summed E-state index contributed by atoms with van der Waals surface area (Å²) in [6.07, 6.45) is 3.98. The van der Waals surface area contributed by atoms with Crippen LogP contribution < -0.4 is 10.0 Å². The highest BCUT2D eigenvalue weighted by atomic mass is 35.5. The Hall–Kier alpha value is -0.0400. The van der Waals surface area contributed by atoms with Gasteiger partial charge in [0.15, 0.2) is 0 Å². The lowest BCUT2D eigenvalue weighted by atomic mass is 10.0. The first-order valence-electron chi connectivity index (χ1n) is 7.12. The highest BCUT2D eigenvalue weighted by Crippen LogP contribution is 2.29. The van der Waals surface area contributed by atoms with Crippen molar-refractivity contribution in [1.29, 1.82) is 0 Å². The van der Waals surface area contributed by atoms with E-state index in [2.05, 4.69) is 10.0 Å². The minimum atomic E-state index is -3.44. The zero-order valence-corrected chi connectivity index (χ0v) is 15.0. The minimum Gasteiger partial charge on any atom is -0.311 e. The lowest BCUT2D eigenvalue weighted by Gasteiger charge is -2.29. The molecule has 22 heavy (non-hydrogen) atoms. The summed E-state index contributed by atoms with van der Waals surface area (Å²) >= 11 is 12.1. The summed E-state index contributed by atoms with van der Waals surface area (Å²) in [5.41, 5.74) is 0.463. The Morgan fingerprint density at radius 3 is 2.23 bits per heavy atom. The minimum absolute atomic E-state index is 0. The number of sulfonamides is 1. The maximum absolute atomic E-state index is 12.4. The number of benzene rings is 1. The highest BCUT2D eigenvalue weighted by molar-refractivity contribution is 7.88. The van der Waals surface area contributed by atoms with Gasteiger partial charge in [-0.25, -0.2) is 13.1 Å². The molecule has 0 aliphatic carbocycles. The van der Waals surface area contributed by atoms with Crippen LogP contribution in [0, 0.1) is 0 Å². The van der Waals surface area contributed by atoms with Gasteiger partial charge >= 0.3 is 0 Å². The van der Waals surface area contributed by atoms with Crippen LogP contribution in [0.15, 0.2) is 18.2 Å². The van der Waals surface area contributed by atoms with Crippen molar-refractivity contribution in [3.05, 3.63) is 33.8 Å². The predicted octanol–water partition coefficient (Wildman–Crippen LogP) is 3.12. The topological polar surface area (TPSA) is 58.2 Å². The van der Waals surface area contributed by atoms with Gasteiger partial charge in [-0.2, -0.15) is 0 Å². The Morgan fingerprint density at radius 1 is 1.14 bits per heavy atom. The third-order valence-corrected chi connectivity index (χ3v) is 6.28. The molecular formula is C14H19Cl3N2O2S. The van der Waals surface area contributed by atoms with Crippen LogP contribution in [0.1, 0.15) is 31.2 Å². The molecule has 2 unspecified atom stereocenters. The fourth-order valence-corrected chi connectivity index (χ4v) is 5.47. The second-order valence-corrected chi connectivity index (χ2v) is 8.45. The molecule has 2 heterocycles. The molecule has 2 N–H and O–H groups in total. The standard InChI is InChI=1S/C14H18Cl2N2O2S.ClH/c15-13-2-1-3-14(16)12(13)8-21(19,20)18-11-6-9-4-5-10(7-11)17-9;/h1-3,9-11,17-18H,4-8H2;1H. The smallest absolute Gasteiger partial charge is 0.216 e. The molecule has 124 valence electrons. The van der Waals surface area contributed by atoms with E-state index >= 15 is 0 Å². The lowest BCUT2D eigenvalue weighted by Crippen LogP contribution is -2.48. The first kappa shape index (κ1) is 18.3. The van der Waals surface area contributed by atoms with Gasteiger partial charge in [0.25, 0.3) is 0 Å². The molecule has 0 aromatic heterocycles. The van der Waals surface area contributed by atoms with E-state index in [1.165, 1.54) is 0 Å². The van der Waals surface area contributed by atoms with Gasteiger partial charge in [0, 0.05) is 33.7 Å². The molecule has 0 amide bonds. The Labute approximate surface area is 147 Å². The zero-order valence-electron chi connectivity index (χ0n) is 11.9. The Balaban J connectivity index is 0.00000176. The molecular weight excluding hydrogens is 367 g/mol. The zero-order chi connectivity index (χ0) is 15.0. The highest BCUT2D eigenvalue weighted by Gasteiger charge is 2.35. The third-order valence-electron chi connectivity index (χ3n) is 4.22. The number of nitrogens with one attached hydrogen (secondary N) is 2. The molecule has 2 saturated heterocycles. The average molecular weight is 386 g/mol. The fourth-order valence-electron chi connectivity index (χ4n) is 3.31. The van der Waals surface area contributed by atoms with Crippen molar-refractivity contribution in [2.45, 2.75) is 49.6 Å². The van der Waals surface area contributed by atoms with E-state index in [1.54, 1.807) is 18.2 Å². The van der Waals surface area contributed by atoms with Crippen molar-refractivity contribution >= 4 is 45.6 Å². The summed E-state index contributed by atoms with van der Waals surface area (Å²) in [5, 5.41) is 4.27. The second-order valence-electron chi connectivity index (χ2n) is 5.88. The van der Waals surface area contributed by atoms with Gasteiger partial charge in [0.2, 0.25) is 10.0 Å². The van der Waals surface area contributed by atoms with E-state index in [-0.39, 0.29) is 24.2 Å². The van der Waals surface area contributed by atoms with Crippen LogP contribution in [0.25, 0.3) is 0 Å².